The van der Waals surface area contributed by atoms with E-state index in [0.29, 0.717) is 23.6 Å². The normalized spacial score (nSPS) is 11.7. The number of rotatable bonds is 8. The number of furan rings is 4. The second-order valence-corrected chi connectivity index (χ2v) is 31.8. The van der Waals surface area contributed by atoms with Crippen molar-refractivity contribution in [2.24, 2.45) is 0 Å². The molecule has 0 aliphatic carbocycles. The van der Waals surface area contributed by atoms with Crippen LogP contribution in [-0.4, -0.2) is 19.9 Å². The van der Waals surface area contributed by atoms with Crippen LogP contribution in [0.4, 0.5) is 0 Å². The fraction of sp³-hybridized carbons (Fsp3) is 0.0826. The first kappa shape index (κ1) is 73.2. The van der Waals surface area contributed by atoms with Gasteiger partial charge in [0.2, 0.25) is 23.6 Å². The largest absolute Gasteiger partial charge is 0.455 e. The van der Waals surface area contributed by atoms with E-state index >= 15 is 0 Å². The van der Waals surface area contributed by atoms with Crippen molar-refractivity contribution in [2.75, 3.05) is 0 Å². The van der Waals surface area contributed by atoms with Crippen molar-refractivity contribution >= 4 is 132 Å². The Labute approximate surface area is 695 Å². The van der Waals surface area contributed by atoms with E-state index < -0.39 is 0 Å². The predicted octanol–water partition coefficient (Wildman–Crippen LogP) is 31.0. The zero-order valence-corrected chi connectivity index (χ0v) is 68.0. The molecule has 24 rings (SSSR count). The van der Waals surface area contributed by atoms with Gasteiger partial charge in [-0.05, 0) is 287 Å². The molecule has 0 aliphatic rings. The Bertz CT molecular complexity index is 8100. The summed E-state index contributed by atoms with van der Waals surface area (Å²) >= 11 is 0. The SMILES string of the molecule is Cc1cc(C)c2oc3c(-c4ccc(-c5nc6ccccc6o5)cc4)cc(C)cc3c2c1.Cc1cc(C)c2oc3c(-c4cccc(-c5nc6ccccc6o5)c4)cc(C)cc3c2c1.Cc1ccc2oc3c(-c4cccc(-c5nc6ccccc6o5)c4)cc(C)cc3c2c1.Cc1cccc2c1oc1c(-c3cccc(-c4nc5ccccc5o4)c3)cccc12. The monoisotopic (exact) mass is 1570 g/mol. The number of oxazole rings is 4. The van der Waals surface area contributed by atoms with Gasteiger partial charge < -0.3 is 35.3 Å². The van der Waals surface area contributed by atoms with E-state index in [1.807, 2.05) is 133 Å². The van der Waals surface area contributed by atoms with Gasteiger partial charge in [0.25, 0.3) is 0 Å². The van der Waals surface area contributed by atoms with Gasteiger partial charge >= 0.3 is 0 Å². The van der Waals surface area contributed by atoms with Crippen LogP contribution in [0.15, 0.2) is 345 Å². The van der Waals surface area contributed by atoms with Gasteiger partial charge in [0, 0.05) is 87.6 Å². The van der Waals surface area contributed by atoms with Crippen LogP contribution in [0.5, 0.6) is 0 Å². The maximum Gasteiger partial charge on any atom is 0.227 e. The second-order valence-electron chi connectivity index (χ2n) is 31.8. The summed E-state index contributed by atoms with van der Waals surface area (Å²) in [4.78, 5) is 18.6. The molecule has 0 saturated carbocycles. The highest BCUT2D eigenvalue weighted by Crippen LogP contribution is 2.45. The lowest BCUT2D eigenvalue weighted by atomic mass is 9.97. The highest BCUT2D eigenvalue weighted by Gasteiger charge is 2.23. The lowest BCUT2D eigenvalue weighted by Crippen LogP contribution is -1.84. The number of nitrogens with zero attached hydrogens (tertiary/aromatic N) is 4. The smallest absolute Gasteiger partial charge is 0.227 e. The van der Waals surface area contributed by atoms with E-state index in [-0.39, 0.29) is 0 Å². The van der Waals surface area contributed by atoms with Crippen LogP contribution in [-0.2, 0) is 0 Å². The molecule has 0 N–H and O–H groups in total. The molecule has 0 spiro atoms. The Morgan fingerprint density at radius 3 is 0.917 bits per heavy atom. The van der Waals surface area contributed by atoms with Crippen molar-refractivity contribution in [1.29, 1.82) is 0 Å². The number of para-hydroxylation sites is 10. The first-order valence-electron chi connectivity index (χ1n) is 40.6. The molecule has 582 valence electrons. The summed E-state index contributed by atoms with van der Waals surface area (Å²) in [7, 11) is 0. The molecule has 0 fully saturated rings. The summed E-state index contributed by atoms with van der Waals surface area (Å²) in [5, 5.41) is 9.27. The van der Waals surface area contributed by atoms with Crippen LogP contribution in [0.25, 0.3) is 222 Å². The number of benzene rings is 16. The van der Waals surface area contributed by atoms with Crippen LogP contribution < -0.4 is 0 Å². The Balaban J connectivity index is 0.0000000996. The Hall–Kier alpha value is -15.4. The lowest BCUT2D eigenvalue weighted by Gasteiger charge is -2.06. The van der Waals surface area contributed by atoms with E-state index in [9.17, 15) is 0 Å². The van der Waals surface area contributed by atoms with Gasteiger partial charge in [0.05, 0.1) is 0 Å². The van der Waals surface area contributed by atoms with Gasteiger partial charge in [-0.3, -0.25) is 0 Å². The third-order valence-electron chi connectivity index (χ3n) is 22.8. The number of aromatic nitrogens is 4. The number of hydrogen-bond acceptors (Lipinski definition) is 12. The van der Waals surface area contributed by atoms with Gasteiger partial charge in [-0.1, -0.05) is 157 Å². The first-order chi connectivity index (χ1) is 59.1. The van der Waals surface area contributed by atoms with E-state index in [2.05, 4.69) is 258 Å². The number of hydrogen-bond donors (Lipinski definition) is 0. The van der Waals surface area contributed by atoms with Gasteiger partial charge in [-0.25, -0.2) is 19.9 Å². The zero-order chi connectivity index (χ0) is 81.8. The van der Waals surface area contributed by atoms with Gasteiger partial charge in [0.15, 0.2) is 22.3 Å². The maximum absolute atomic E-state index is 6.43. The minimum Gasteiger partial charge on any atom is -0.455 e. The molecule has 0 radical (unpaired) electrons. The van der Waals surface area contributed by atoms with Crippen molar-refractivity contribution < 1.29 is 35.3 Å². The average Bonchev–Trinajstić information content (AvgIpc) is 1.61. The summed E-state index contributed by atoms with van der Waals surface area (Å²) in [5.74, 6) is 2.52. The fourth-order valence-electron chi connectivity index (χ4n) is 17.2. The summed E-state index contributed by atoms with van der Waals surface area (Å²) in [5.41, 5.74) is 37.4. The second kappa shape index (κ2) is 29.6. The summed E-state index contributed by atoms with van der Waals surface area (Å²) in [6, 6.07) is 105. The molecule has 12 nitrogen and oxygen atoms in total. The Kier molecular flexibility index (Phi) is 17.9. The summed E-state index contributed by atoms with van der Waals surface area (Å²) in [6.07, 6.45) is 0. The molecule has 0 saturated heterocycles. The molecule has 0 amide bonds. The first-order valence-corrected chi connectivity index (χ1v) is 40.6. The lowest BCUT2D eigenvalue weighted by molar-refractivity contribution is 0.619. The third-order valence-corrected chi connectivity index (χ3v) is 22.8. The van der Waals surface area contributed by atoms with Crippen LogP contribution in [0, 0.1) is 62.3 Å². The molecule has 0 aliphatic heterocycles. The minimum absolute atomic E-state index is 0.626. The van der Waals surface area contributed by atoms with Crippen LogP contribution >= 0.6 is 0 Å². The molecule has 121 heavy (non-hydrogen) atoms. The number of aryl methyl sites for hydroxylation is 9. The Morgan fingerprint density at radius 1 is 0.165 bits per heavy atom. The van der Waals surface area contributed by atoms with Crippen molar-refractivity contribution in [3.8, 4) is 90.3 Å². The molecular weight excluding hydrogens is 1490 g/mol. The number of fused-ring (bicyclic) bond motifs is 16. The van der Waals surface area contributed by atoms with Gasteiger partial charge in [-0.15, -0.1) is 0 Å². The van der Waals surface area contributed by atoms with Crippen molar-refractivity contribution in [3.63, 3.8) is 0 Å². The van der Waals surface area contributed by atoms with Crippen molar-refractivity contribution in [1.82, 2.24) is 19.9 Å². The fourth-order valence-corrected chi connectivity index (χ4v) is 17.2. The van der Waals surface area contributed by atoms with Crippen molar-refractivity contribution in [2.45, 2.75) is 62.3 Å². The molecule has 8 aromatic heterocycles. The molecule has 0 atom stereocenters. The van der Waals surface area contributed by atoms with E-state index in [0.717, 1.165) is 194 Å². The molecule has 8 heterocycles. The maximum atomic E-state index is 6.43. The summed E-state index contributed by atoms with van der Waals surface area (Å²) in [6.45, 7) is 19.1. The highest BCUT2D eigenvalue weighted by molar-refractivity contribution is 6.14. The quantitative estimate of drug-likeness (QED) is 0.142. The highest BCUT2D eigenvalue weighted by atomic mass is 16.4. The third kappa shape index (κ3) is 13.5. The van der Waals surface area contributed by atoms with Gasteiger partial charge in [0.1, 0.15) is 66.7 Å². The molecule has 12 heteroatoms. The molecule has 16 aromatic carbocycles. The minimum atomic E-state index is 0.626. The summed E-state index contributed by atoms with van der Waals surface area (Å²) < 4.78 is 49.3. The topological polar surface area (TPSA) is 157 Å². The Morgan fingerprint density at radius 2 is 0.479 bits per heavy atom. The van der Waals surface area contributed by atoms with Crippen LogP contribution in [0.3, 0.4) is 0 Å². The van der Waals surface area contributed by atoms with Gasteiger partial charge in [-0.2, -0.15) is 0 Å². The average molecular weight is 1570 g/mol. The van der Waals surface area contributed by atoms with Crippen LogP contribution in [0.1, 0.15) is 50.1 Å². The zero-order valence-electron chi connectivity index (χ0n) is 68.0. The van der Waals surface area contributed by atoms with Crippen LogP contribution in [0.2, 0.25) is 0 Å². The molecule has 24 aromatic rings. The van der Waals surface area contributed by atoms with E-state index in [1.54, 1.807) is 0 Å². The standard InChI is InChI=1S/2C28H21NO2.C27H19NO2.C26H17NO2/c1-16-11-18(3)26-22(13-16)23-14-17(2)12-21(27(23)31-26)19-7-6-8-20(15-19)28-29-24-9-4-5-10-25(24)30-28;1-16-12-18(3)26-22(14-16)23-15-17(2)13-21(27(23)31-26)19-8-10-20(11-9-19)28-29-24-6-4-5-7-25(24)30-28;1-16-10-11-24-21(12-16)22-14-17(2)13-20(26(22)29-24)18-6-5-7-19(15-18)27-28-23-8-3-4-9-25(23)30-27;1-16-7-4-11-20-21-12-6-10-19(25(21)29-24(16)20)17-8-5-9-18(15-17)26-27-22-13-2-3-14-23(22)28-26/h2*4-15H,1-3H3;3-15H,1-2H3;2-15H,1H3. The van der Waals surface area contributed by atoms with E-state index in [1.165, 1.54) is 55.1 Å². The molecular formula is C109H78N4O8. The van der Waals surface area contributed by atoms with Crippen molar-refractivity contribution in [3.05, 3.63) is 359 Å². The molecule has 0 bridgehead atoms. The van der Waals surface area contributed by atoms with E-state index in [4.69, 9.17) is 35.3 Å². The predicted molar refractivity (Wildman–Crippen MR) is 491 cm³/mol. The molecule has 0 unspecified atom stereocenters.